The smallest absolute Gasteiger partial charge is 0.137 e. The number of piperidine rings is 1. The Morgan fingerprint density at radius 1 is 0.894 bits per heavy atom. The number of fused-ring (bicyclic) bond motifs is 1. The number of unbranched alkanes of at least 4 members (excludes halogenated alkanes) is 1. The molecule has 7 heteroatoms. The highest BCUT2D eigenvalue weighted by Crippen LogP contribution is 2.39. The molecular weight excluding hydrogens is 584 g/mol. The first-order valence-electron chi connectivity index (χ1n) is 17.5. The average Bonchev–Trinajstić information content (AvgIpc) is 3.44. The van der Waals surface area contributed by atoms with Crippen LogP contribution < -0.4 is 14.8 Å². The van der Waals surface area contributed by atoms with Gasteiger partial charge in [-0.3, -0.25) is 14.6 Å². The van der Waals surface area contributed by atoms with Gasteiger partial charge in [-0.2, -0.15) is 0 Å². The Balaban J connectivity index is 1.15. The molecule has 1 atom stereocenters. The number of aryl methyl sites for hydroxylation is 3. The highest BCUT2D eigenvalue weighted by atomic mass is 16.5. The number of benzene rings is 3. The molecule has 250 valence electrons. The second kappa shape index (κ2) is 15.5. The third kappa shape index (κ3) is 8.08. The van der Waals surface area contributed by atoms with Gasteiger partial charge in [-0.05, 0) is 98.7 Å². The lowest BCUT2D eigenvalue weighted by Crippen LogP contribution is -2.45. The molecule has 2 aliphatic heterocycles. The lowest BCUT2D eigenvalue weighted by molar-refractivity contribution is -0.123. The molecule has 0 aliphatic carbocycles. The van der Waals surface area contributed by atoms with Crippen molar-refractivity contribution in [2.24, 2.45) is 5.92 Å². The van der Waals surface area contributed by atoms with Crippen molar-refractivity contribution in [3.05, 3.63) is 83.0 Å². The Morgan fingerprint density at radius 3 is 2.40 bits per heavy atom. The van der Waals surface area contributed by atoms with E-state index in [-0.39, 0.29) is 5.92 Å². The third-order valence-corrected chi connectivity index (χ3v) is 10.1. The van der Waals surface area contributed by atoms with E-state index in [2.05, 4.69) is 94.3 Å². The van der Waals surface area contributed by atoms with Gasteiger partial charge in [-0.1, -0.05) is 24.3 Å². The molecule has 47 heavy (non-hydrogen) atoms. The zero-order valence-corrected chi connectivity index (χ0v) is 28.8. The molecule has 2 saturated heterocycles. The number of rotatable bonds is 13. The molecule has 3 heterocycles. The van der Waals surface area contributed by atoms with Gasteiger partial charge in [0.2, 0.25) is 0 Å². The molecule has 0 spiro atoms. The van der Waals surface area contributed by atoms with Gasteiger partial charge in [-0.15, -0.1) is 0 Å². The minimum atomic E-state index is 0.204. The van der Waals surface area contributed by atoms with Gasteiger partial charge >= 0.3 is 0 Å². The summed E-state index contributed by atoms with van der Waals surface area (Å²) in [5, 5.41) is 4.66. The van der Waals surface area contributed by atoms with E-state index in [1.807, 2.05) is 0 Å². The van der Waals surface area contributed by atoms with Gasteiger partial charge in [0.15, 0.2) is 0 Å². The number of nitrogens with zero attached hydrogens (tertiary/aromatic N) is 3. The number of carbonyl (C=O) groups excluding carboxylic acids is 1. The molecule has 1 aromatic heterocycles. The summed E-state index contributed by atoms with van der Waals surface area (Å²) in [4.78, 5) is 17.9. The van der Waals surface area contributed by atoms with Crippen molar-refractivity contribution < 1.29 is 14.3 Å². The van der Waals surface area contributed by atoms with Crippen LogP contribution >= 0.6 is 0 Å². The van der Waals surface area contributed by atoms with Crippen molar-refractivity contribution in [3.63, 3.8) is 0 Å². The summed E-state index contributed by atoms with van der Waals surface area (Å²) < 4.78 is 13.8. The number of piperazine rings is 1. The fourth-order valence-electron chi connectivity index (χ4n) is 7.55. The predicted molar refractivity (Wildman–Crippen MR) is 191 cm³/mol. The molecule has 2 fully saturated rings. The summed E-state index contributed by atoms with van der Waals surface area (Å²) in [6, 6.07) is 19.8. The van der Waals surface area contributed by atoms with Crippen LogP contribution in [0.25, 0.3) is 22.0 Å². The van der Waals surface area contributed by atoms with Crippen molar-refractivity contribution in [2.75, 3.05) is 53.5 Å². The third-order valence-electron chi connectivity index (χ3n) is 10.1. The number of hydrogen-bond donors (Lipinski definition) is 1. The molecule has 2 aliphatic rings. The van der Waals surface area contributed by atoms with Crippen LogP contribution in [-0.2, 0) is 24.4 Å². The highest BCUT2D eigenvalue weighted by molar-refractivity contribution is 5.98. The molecule has 6 rings (SSSR count). The number of methoxy groups -OCH3 is 2. The van der Waals surface area contributed by atoms with Crippen LogP contribution in [0.3, 0.4) is 0 Å². The highest BCUT2D eigenvalue weighted by Gasteiger charge is 2.22. The van der Waals surface area contributed by atoms with Crippen LogP contribution in [0, 0.1) is 19.8 Å². The molecular formula is C40H52N4O3. The Hall–Kier alpha value is -3.65. The summed E-state index contributed by atoms with van der Waals surface area (Å²) in [7, 11) is 3.50. The van der Waals surface area contributed by atoms with Crippen LogP contribution in [0.15, 0.2) is 60.8 Å². The van der Waals surface area contributed by atoms with Crippen molar-refractivity contribution >= 4 is 16.7 Å². The number of Topliss-reactive ketones (excluding diaryl/α,β-unsaturated/α-hetero) is 1. The summed E-state index contributed by atoms with van der Waals surface area (Å²) in [5.41, 5.74) is 8.74. The van der Waals surface area contributed by atoms with E-state index in [4.69, 9.17) is 9.47 Å². The van der Waals surface area contributed by atoms with Gasteiger partial charge in [0.1, 0.15) is 17.3 Å². The Labute approximate surface area is 280 Å². The number of ketones is 1. The lowest BCUT2D eigenvalue weighted by atomic mass is 9.92. The zero-order valence-electron chi connectivity index (χ0n) is 28.8. The summed E-state index contributed by atoms with van der Waals surface area (Å²) >= 11 is 0. The number of carbonyl (C=O) groups is 1. The van der Waals surface area contributed by atoms with Gasteiger partial charge in [0.05, 0.1) is 14.2 Å². The minimum Gasteiger partial charge on any atom is -0.497 e. The van der Waals surface area contributed by atoms with Crippen LogP contribution in [0.5, 0.6) is 11.5 Å². The maximum atomic E-state index is 12.8. The Morgan fingerprint density at radius 2 is 1.68 bits per heavy atom. The van der Waals surface area contributed by atoms with E-state index in [9.17, 15) is 4.79 Å². The standard InChI is InChI=1S/C40H52N4O3/c1-29-21-32(23-34(22-29)46-3)27-43-19-17-42(18-20-43)26-31-13-14-37-35(24-31)36(40-30(2)9-7-12-39(40)47-4)28-44(37)16-6-5-11-38(45)33-10-8-15-41-25-33/h7,9,12-14,21-24,28,33,41H,5-6,8,10-11,15-20,25-27H2,1-4H3. The molecule has 1 N–H and O–H groups in total. The number of nitrogens with one attached hydrogen (secondary N) is 1. The lowest BCUT2D eigenvalue weighted by Gasteiger charge is -2.34. The Bertz CT molecular complexity index is 1660. The molecule has 3 aromatic carbocycles. The molecule has 4 aromatic rings. The average molecular weight is 637 g/mol. The van der Waals surface area contributed by atoms with Gasteiger partial charge in [0, 0.05) is 92.9 Å². The number of aromatic nitrogens is 1. The van der Waals surface area contributed by atoms with Gasteiger partial charge < -0.3 is 19.4 Å². The second-order valence-corrected chi connectivity index (χ2v) is 13.6. The molecule has 0 amide bonds. The fraction of sp³-hybridized carbons (Fsp3) is 0.475. The van der Waals surface area contributed by atoms with Crippen molar-refractivity contribution in [1.82, 2.24) is 19.7 Å². The van der Waals surface area contributed by atoms with Gasteiger partial charge in [0.25, 0.3) is 0 Å². The van der Waals surface area contributed by atoms with E-state index in [0.717, 1.165) is 102 Å². The van der Waals surface area contributed by atoms with Crippen molar-refractivity contribution in [3.8, 4) is 22.6 Å². The quantitative estimate of drug-likeness (QED) is 0.160. The van der Waals surface area contributed by atoms with Crippen LogP contribution in [0.1, 0.15) is 54.4 Å². The number of hydrogen-bond acceptors (Lipinski definition) is 6. The van der Waals surface area contributed by atoms with E-state index in [1.54, 1.807) is 14.2 Å². The van der Waals surface area contributed by atoms with E-state index in [1.165, 1.54) is 38.7 Å². The Kier molecular flexibility index (Phi) is 11.0. The first-order valence-corrected chi connectivity index (χ1v) is 17.5. The minimum absolute atomic E-state index is 0.204. The van der Waals surface area contributed by atoms with E-state index < -0.39 is 0 Å². The first kappa shape index (κ1) is 33.3. The summed E-state index contributed by atoms with van der Waals surface area (Å²) in [5.74, 6) is 2.48. The molecule has 7 nitrogen and oxygen atoms in total. The maximum Gasteiger partial charge on any atom is 0.137 e. The predicted octanol–water partition coefficient (Wildman–Crippen LogP) is 7.00. The largest absolute Gasteiger partial charge is 0.497 e. The normalized spacial score (nSPS) is 17.7. The van der Waals surface area contributed by atoms with Crippen LogP contribution in [0.2, 0.25) is 0 Å². The second-order valence-electron chi connectivity index (χ2n) is 13.6. The fourth-order valence-corrected chi connectivity index (χ4v) is 7.55. The molecule has 0 radical (unpaired) electrons. The van der Waals surface area contributed by atoms with E-state index in [0.29, 0.717) is 12.2 Å². The van der Waals surface area contributed by atoms with Crippen molar-refractivity contribution in [1.29, 1.82) is 0 Å². The van der Waals surface area contributed by atoms with Crippen molar-refractivity contribution in [2.45, 2.75) is 65.6 Å². The maximum absolute atomic E-state index is 12.8. The topological polar surface area (TPSA) is 59.0 Å². The zero-order chi connectivity index (χ0) is 32.8. The summed E-state index contributed by atoms with van der Waals surface area (Å²) in [6.07, 6.45) is 7.06. The SMILES string of the molecule is COc1cc(C)cc(CN2CCN(Cc3ccc4c(c3)c(-c3c(C)cccc3OC)cn4CCCCC(=O)C3CCCNC3)CC2)c1. The van der Waals surface area contributed by atoms with Gasteiger partial charge in [-0.25, -0.2) is 0 Å². The molecule has 1 unspecified atom stereocenters. The monoisotopic (exact) mass is 636 g/mol. The molecule has 0 bridgehead atoms. The summed E-state index contributed by atoms with van der Waals surface area (Å²) in [6.45, 7) is 13.2. The van der Waals surface area contributed by atoms with Crippen LogP contribution in [-0.4, -0.2) is 73.6 Å². The number of ether oxygens (including phenoxy) is 2. The van der Waals surface area contributed by atoms with E-state index >= 15 is 0 Å². The molecule has 0 saturated carbocycles. The first-order chi connectivity index (χ1) is 22.9. The van der Waals surface area contributed by atoms with Crippen LogP contribution in [0.4, 0.5) is 0 Å².